The largest absolute Gasteiger partial charge is 0.480 e. The van der Waals surface area contributed by atoms with Crippen molar-refractivity contribution < 1.29 is 14.7 Å². The summed E-state index contributed by atoms with van der Waals surface area (Å²) in [5, 5.41) is 11.7. The fraction of sp³-hybridized carbons (Fsp3) is 0.857. The number of carbonyl (C=O) groups is 2. The Bertz CT molecular complexity index is 283. The van der Waals surface area contributed by atoms with Crippen molar-refractivity contribution in [3.05, 3.63) is 0 Å². The van der Waals surface area contributed by atoms with Gasteiger partial charge in [0.1, 0.15) is 6.04 Å². The van der Waals surface area contributed by atoms with E-state index in [0.717, 1.165) is 38.0 Å². The lowest BCUT2D eigenvalue weighted by Crippen LogP contribution is -2.44. The zero-order valence-corrected chi connectivity index (χ0v) is 11.4. The number of carboxylic acids is 1. The molecule has 0 aliphatic heterocycles. The molecule has 0 aromatic heterocycles. The van der Waals surface area contributed by atoms with Crippen LogP contribution in [0.15, 0.2) is 0 Å². The molecule has 0 saturated heterocycles. The average molecular weight is 255 g/mol. The minimum Gasteiger partial charge on any atom is -0.480 e. The summed E-state index contributed by atoms with van der Waals surface area (Å²) in [6.45, 7) is 4.11. The molecule has 0 aromatic carbocycles. The first-order valence-corrected chi connectivity index (χ1v) is 7.11. The first-order valence-electron chi connectivity index (χ1n) is 7.11. The predicted octanol–water partition coefficient (Wildman–Crippen LogP) is 2.57. The van der Waals surface area contributed by atoms with Gasteiger partial charge in [-0.15, -0.1) is 0 Å². The number of carbonyl (C=O) groups excluding carboxylic acids is 1. The van der Waals surface area contributed by atoms with Crippen molar-refractivity contribution >= 4 is 11.9 Å². The van der Waals surface area contributed by atoms with E-state index in [1.807, 2.05) is 6.92 Å². The highest BCUT2D eigenvalue weighted by Crippen LogP contribution is 2.30. The van der Waals surface area contributed by atoms with E-state index in [9.17, 15) is 9.59 Å². The topological polar surface area (TPSA) is 66.4 Å². The number of aliphatic carboxylic acids is 1. The minimum atomic E-state index is -0.924. The van der Waals surface area contributed by atoms with Gasteiger partial charge in [0, 0.05) is 5.92 Å². The highest BCUT2D eigenvalue weighted by molar-refractivity contribution is 5.84. The number of amides is 1. The molecule has 1 saturated carbocycles. The maximum atomic E-state index is 12.0. The quantitative estimate of drug-likeness (QED) is 0.766. The van der Waals surface area contributed by atoms with E-state index >= 15 is 0 Å². The summed E-state index contributed by atoms with van der Waals surface area (Å²) in [5.74, 6) is -0.218. The normalized spacial score (nSPS) is 25.4. The van der Waals surface area contributed by atoms with Crippen LogP contribution in [0.4, 0.5) is 0 Å². The van der Waals surface area contributed by atoms with Crippen LogP contribution in [0.2, 0.25) is 0 Å². The first kappa shape index (κ1) is 15.0. The molecule has 1 fully saturated rings. The van der Waals surface area contributed by atoms with Crippen LogP contribution < -0.4 is 5.32 Å². The number of carboxylic acid groups (broad SMARTS) is 1. The van der Waals surface area contributed by atoms with E-state index in [0.29, 0.717) is 6.42 Å². The number of rotatable bonds is 6. The smallest absolute Gasteiger partial charge is 0.326 e. The lowest BCUT2D eigenvalue weighted by molar-refractivity contribution is -0.143. The van der Waals surface area contributed by atoms with E-state index in [1.54, 1.807) is 0 Å². The Balaban J connectivity index is 2.42. The van der Waals surface area contributed by atoms with Crippen molar-refractivity contribution in [1.82, 2.24) is 5.32 Å². The van der Waals surface area contributed by atoms with Gasteiger partial charge in [0.05, 0.1) is 0 Å². The van der Waals surface area contributed by atoms with Crippen LogP contribution >= 0.6 is 0 Å². The van der Waals surface area contributed by atoms with Crippen LogP contribution in [0.1, 0.15) is 58.8 Å². The van der Waals surface area contributed by atoms with Gasteiger partial charge in [0.15, 0.2) is 0 Å². The molecule has 1 unspecified atom stereocenters. The molecule has 4 nitrogen and oxygen atoms in total. The summed E-state index contributed by atoms with van der Waals surface area (Å²) >= 11 is 0. The number of hydrogen-bond donors (Lipinski definition) is 2. The zero-order chi connectivity index (χ0) is 13.5. The van der Waals surface area contributed by atoms with Crippen LogP contribution in [0.5, 0.6) is 0 Å². The Morgan fingerprint density at radius 3 is 2.28 bits per heavy atom. The highest BCUT2D eigenvalue weighted by Gasteiger charge is 2.28. The van der Waals surface area contributed by atoms with Crippen LogP contribution in [0.25, 0.3) is 0 Å². The molecule has 0 radical (unpaired) electrons. The van der Waals surface area contributed by atoms with Crippen molar-refractivity contribution in [2.75, 3.05) is 0 Å². The second kappa shape index (κ2) is 7.39. The minimum absolute atomic E-state index is 0.0199. The van der Waals surface area contributed by atoms with Crippen molar-refractivity contribution in [2.24, 2.45) is 11.8 Å². The van der Waals surface area contributed by atoms with Gasteiger partial charge in [-0.1, -0.05) is 26.7 Å². The van der Waals surface area contributed by atoms with Crippen LogP contribution in [0.3, 0.4) is 0 Å². The molecule has 104 valence electrons. The monoisotopic (exact) mass is 255 g/mol. The van der Waals surface area contributed by atoms with E-state index in [2.05, 4.69) is 12.2 Å². The van der Waals surface area contributed by atoms with Crippen molar-refractivity contribution in [3.8, 4) is 0 Å². The molecule has 0 spiro atoms. The third-order valence-corrected chi connectivity index (χ3v) is 3.99. The van der Waals surface area contributed by atoms with Crippen molar-refractivity contribution in [2.45, 2.75) is 64.8 Å². The van der Waals surface area contributed by atoms with E-state index < -0.39 is 12.0 Å². The lowest BCUT2D eigenvalue weighted by Gasteiger charge is -2.27. The fourth-order valence-electron chi connectivity index (χ4n) is 2.67. The summed E-state index contributed by atoms with van der Waals surface area (Å²) in [5.41, 5.74) is 0. The molecule has 0 aromatic rings. The van der Waals surface area contributed by atoms with Gasteiger partial charge in [-0.05, 0) is 38.0 Å². The van der Waals surface area contributed by atoms with E-state index in [4.69, 9.17) is 5.11 Å². The SMILES string of the molecule is CCCC(NC(=O)C1CCC(CC)CC1)C(=O)O. The van der Waals surface area contributed by atoms with E-state index in [-0.39, 0.29) is 11.8 Å². The van der Waals surface area contributed by atoms with Gasteiger partial charge in [0.2, 0.25) is 5.91 Å². The molecular weight excluding hydrogens is 230 g/mol. The summed E-state index contributed by atoms with van der Waals surface area (Å²) in [6, 6.07) is -0.716. The van der Waals surface area contributed by atoms with E-state index in [1.165, 1.54) is 6.42 Å². The Hall–Kier alpha value is -1.06. The highest BCUT2D eigenvalue weighted by atomic mass is 16.4. The van der Waals surface area contributed by atoms with Gasteiger partial charge in [-0.25, -0.2) is 4.79 Å². The Kier molecular flexibility index (Phi) is 6.16. The maximum absolute atomic E-state index is 12.0. The summed E-state index contributed by atoms with van der Waals surface area (Å²) < 4.78 is 0. The van der Waals surface area contributed by atoms with Crippen molar-refractivity contribution in [1.29, 1.82) is 0 Å². The predicted molar refractivity (Wildman–Crippen MR) is 70.2 cm³/mol. The molecule has 18 heavy (non-hydrogen) atoms. The maximum Gasteiger partial charge on any atom is 0.326 e. The molecule has 1 amide bonds. The summed E-state index contributed by atoms with van der Waals surface area (Å²) in [4.78, 5) is 23.0. The zero-order valence-electron chi connectivity index (χ0n) is 11.4. The second-order valence-electron chi connectivity index (χ2n) is 5.31. The molecule has 1 atom stereocenters. The van der Waals surface area contributed by atoms with Crippen LogP contribution in [0, 0.1) is 11.8 Å². The first-order chi connectivity index (χ1) is 8.58. The molecule has 2 N–H and O–H groups in total. The van der Waals surface area contributed by atoms with Gasteiger partial charge in [-0.2, -0.15) is 0 Å². The standard InChI is InChI=1S/C14H25NO3/c1-3-5-12(14(17)18)15-13(16)11-8-6-10(4-2)7-9-11/h10-12H,3-9H2,1-2H3,(H,15,16)(H,17,18). The van der Waals surface area contributed by atoms with Crippen molar-refractivity contribution in [3.63, 3.8) is 0 Å². The molecule has 0 heterocycles. The van der Waals surface area contributed by atoms with Gasteiger partial charge >= 0.3 is 5.97 Å². The van der Waals surface area contributed by atoms with Crippen LogP contribution in [-0.2, 0) is 9.59 Å². The third kappa shape index (κ3) is 4.31. The fourth-order valence-corrected chi connectivity index (χ4v) is 2.67. The summed E-state index contributed by atoms with van der Waals surface area (Å²) in [7, 11) is 0. The molecule has 0 bridgehead atoms. The molecular formula is C14H25NO3. The molecule has 4 heteroatoms. The average Bonchev–Trinajstić information content (AvgIpc) is 2.38. The third-order valence-electron chi connectivity index (χ3n) is 3.99. The Morgan fingerprint density at radius 1 is 1.22 bits per heavy atom. The second-order valence-corrected chi connectivity index (χ2v) is 5.31. The summed E-state index contributed by atoms with van der Waals surface area (Å²) in [6.07, 6.45) is 6.46. The van der Waals surface area contributed by atoms with Gasteiger partial charge < -0.3 is 10.4 Å². The number of hydrogen-bond acceptors (Lipinski definition) is 2. The van der Waals surface area contributed by atoms with Gasteiger partial charge in [0.25, 0.3) is 0 Å². The Labute approximate surface area is 109 Å². The number of nitrogens with one attached hydrogen (secondary N) is 1. The Morgan fingerprint density at radius 2 is 1.83 bits per heavy atom. The molecule has 1 aliphatic carbocycles. The molecule has 1 aliphatic rings. The van der Waals surface area contributed by atoms with Gasteiger partial charge in [-0.3, -0.25) is 4.79 Å². The molecule has 1 rings (SSSR count). The van der Waals surface area contributed by atoms with Crippen LogP contribution in [-0.4, -0.2) is 23.0 Å². The lowest BCUT2D eigenvalue weighted by atomic mass is 9.80.